The maximum atomic E-state index is 13.1. The third-order valence-electron chi connectivity index (χ3n) is 3.91. The number of hydrogen-bond acceptors (Lipinski definition) is 5. The number of carbonyl (C=O) groups is 1. The number of thioether (sulfide) groups is 1. The molecule has 1 unspecified atom stereocenters. The molecule has 0 spiro atoms. The molecule has 5 nitrogen and oxygen atoms in total. The van der Waals surface area contributed by atoms with Crippen molar-refractivity contribution in [1.82, 2.24) is 4.90 Å². The molecule has 2 aromatic rings. The van der Waals surface area contributed by atoms with Crippen LogP contribution in [0.5, 0.6) is 5.75 Å². The lowest BCUT2D eigenvalue weighted by Crippen LogP contribution is -2.30. The van der Waals surface area contributed by atoms with Gasteiger partial charge < -0.3 is 4.74 Å². The van der Waals surface area contributed by atoms with Crippen LogP contribution in [0.2, 0.25) is 0 Å². The summed E-state index contributed by atoms with van der Waals surface area (Å²) in [5, 5.41) is 8.64. The van der Waals surface area contributed by atoms with Gasteiger partial charge in [0.2, 0.25) is 5.91 Å². The van der Waals surface area contributed by atoms with E-state index in [1.54, 1.807) is 30.4 Å². The van der Waals surface area contributed by atoms with E-state index in [1.807, 2.05) is 25.1 Å². The lowest BCUT2D eigenvalue weighted by molar-refractivity contribution is -0.126. The summed E-state index contributed by atoms with van der Waals surface area (Å²) in [6, 6.07) is 11.6. The van der Waals surface area contributed by atoms with Crippen LogP contribution in [-0.2, 0) is 11.3 Å². The molecule has 1 heterocycles. The van der Waals surface area contributed by atoms with Crippen molar-refractivity contribution in [3.05, 3.63) is 63.9 Å². The molecule has 0 bridgehead atoms. The Kier molecular flexibility index (Phi) is 6.28. The molecule has 8 heteroatoms. The van der Waals surface area contributed by atoms with Crippen molar-refractivity contribution < 1.29 is 13.9 Å². The first-order valence-electron chi connectivity index (χ1n) is 8.15. The van der Waals surface area contributed by atoms with Crippen molar-refractivity contribution in [1.29, 1.82) is 0 Å². The molecule has 0 radical (unpaired) electrons. The highest BCUT2D eigenvalue weighted by atomic mass is 79.9. The van der Waals surface area contributed by atoms with Crippen LogP contribution >= 0.6 is 27.7 Å². The predicted molar refractivity (Wildman–Crippen MR) is 110 cm³/mol. The minimum Gasteiger partial charge on any atom is -0.496 e. The summed E-state index contributed by atoms with van der Waals surface area (Å²) in [5.74, 6) is 0.322. The van der Waals surface area contributed by atoms with Gasteiger partial charge in [-0.05, 0) is 42.8 Å². The number of benzene rings is 2. The Morgan fingerprint density at radius 2 is 2.04 bits per heavy atom. The smallest absolute Gasteiger partial charge is 0.242 e. The van der Waals surface area contributed by atoms with E-state index >= 15 is 0 Å². The Bertz CT molecular complexity index is 902. The minimum absolute atomic E-state index is 0.0432. The summed E-state index contributed by atoms with van der Waals surface area (Å²) < 4.78 is 19.3. The fourth-order valence-electron chi connectivity index (χ4n) is 2.53. The van der Waals surface area contributed by atoms with Gasteiger partial charge in [-0.25, -0.2) is 4.39 Å². The molecule has 27 heavy (non-hydrogen) atoms. The molecule has 0 aromatic heterocycles. The molecule has 1 amide bonds. The summed E-state index contributed by atoms with van der Waals surface area (Å²) >= 11 is 4.76. The first-order valence-corrected chi connectivity index (χ1v) is 9.82. The second-order valence-electron chi connectivity index (χ2n) is 5.82. The van der Waals surface area contributed by atoms with Gasteiger partial charge in [0.25, 0.3) is 0 Å². The predicted octanol–water partition coefficient (Wildman–Crippen LogP) is 4.45. The zero-order valence-corrected chi connectivity index (χ0v) is 17.1. The Balaban J connectivity index is 1.81. The number of amidine groups is 1. The molecule has 1 aliphatic rings. The molecule has 2 aromatic carbocycles. The topological polar surface area (TPSA) is 54.3 Å². The Morgan fingerprint density at radius 3 is 2.74 bits per heavy atom. The molecule has 1 aliphatic heterocycles. The van der Waals surface area contributed by atoms with Gasteiger partial charge >= 0.3 is 0 Å². The molecule has 1 atom stereocenters. The Labute approximate surface area is 169 Å². The van der Waals surface area contributed by atoms with E-state index < -0.39 is 0 Å². The molecule has 0 aliphatic carbocycles. The zero-order chi connectivity index (χ0) is 19.4. The number of nitrogens with zero attached hydrogens (tertiary/aromatic N) is 3. The van der Waals surface area contributed by atoms with Gasteiger partial charge in [-0.2, -0.15) is 5.10 Å². The number of halogens is 2. The normalized spacial score (nSPS) is 18.7. The van der Waals surface area contributed by atoms with Crippen molar-refractivity contribution in [3.63, 3.8) is 0 Å². The molecule has 1 saturated heterocycles. The molecule has 140 valence electrons. The SMILES string of the molecule is COc1ccc(Br)cc1/C=N/N=C1\SC(C)C(=O)N1Cc1ccc(F)cc1. The van der Waals surface area contributed by atoms with Gasteiger partial charge in [0.15, 0.2) is 5.17 Å². The number of hydrogen-bond donors (Lipinski definition) is 0. The minimum atomic E-state index is -0.310. The van der Waals surface area contributed by atoms with Gasteiger partial charge in [0, 0.05) is 10.0 Å². The van der Waals surface area contributed by atoms with Crippen molar-refractivity contribution in [2.24, 2.45) is 10.2 Å². The average molecular weight is 450 g/mol. The second-order valence-corrected chi connectivity index (χ2v) is 8.05. The number of carbonyl (C=O) groups excluding carboxylic acids is 1. The van der Waals surface area contributed by atoms with Gasteiger partial charge in [0.1, 0.15) is 11.6 Å². The first kappa shape index (κ1) is 19.6. The van der Waals surface area contributed by atoms with E-state index in [4.69, 9.17) is 4.74 Å². The lowest BCUT2D eigenvalue weighted by Gasteiger charge is -2.15. The lowest BCUT2D eigenvalue weighted by atomic mass is 10.2. The van der Waals surface area contributed by atoms with Crippen LogP contribution in [0.4, 0.5) is 4.39 Å². The molecular formula is C19H17BrFN3O2S. The van der Waals surface area contributed by atoms with Crippen LogP contribution < -0.4 is 4.74 Å². The highest BCUT2D eigenvalue weighted by Gasteiger charge is 2.35. The quantitative estimate of drug-likeness (QED) is 0.500. The van der Waals surface area contributed by atoms with E-state index in [1.165, 1.54) is 23.9 Å². The van der Waals surface area contributed by atoms with E-state index in [0.717, 1.165) is 15.6 Å². The fourth-order valence-corrected chi connectivity index (χ4v) is 3.83. The van der Waals surface area contributed by atoms with E-state index in [-0.39, 0.29) is 17.0 Å². The Hall–Kier alpha value is -2.19. The summed E-state index contributed by atoms with van der Waals surface area (Å²) in [4.78, 5) is 14.0. The standard InChI is InChI=1S/C19H17BrFN3O2S/c1-12-18(25)24(11-13-3-6-16(21)7-4-13)19(27-12)23-22-10-14-9-15(20)5-8-17(14)26-2/h3-10,12H,11H2,1-2H3/b22-10+,23-19-. The second kappa shape index (κ2) is 8.67. The van der Waals surface area contributed by atoms with Crippen LogP contribution in [0.25, 0.3) is 0 Å². The largest absolute Gasteiger partial charge is 0.496 e. The first-order chi connectivity index (χ1) is 13.0. The van der Waals surface area contributed by atoms with Gasteiger partial charge in [-0.15, -0.1) is 5.10 Å². The maximum absolute atomic E-state index is 13.1. The van der Waals surface area contributed by atoms with Gasteiger partial charge in [-0.3, -0.25) is 9.69 Å². The monoisotopic (exact) mass is 449 g/mol. The van der Waals surface area contributed by atoms with Crippen molar-refractivity contribution in [2.75, 3.05) is 7.11 Å². The van der Waals surface area contributed by atoms with Gasteiger partial charge in [-0.1, -0.05) is 39.8 Å². The highest BCUT2D eigenvalue weighted by molar-refractivity contribution is 9.10. The number of ether oxygens (including phenoxy) is 1. The summed E-state index contributed by atoms with van der Waals surface area (Å²) in [6.07, 6.45) is 1.58. The van der Waals surface area contributed by atoms with Crippen LogP contribution in [0.15, 0.2) is 57.1 Å². The average Bonchev–Trinajstić information content (AvgIpc) is 2.91. The third kappa shape index (κ3) is 4.75. The van der Waals surface area contributed by atoms with Crippen LogP contribution in [0, 0.1) is 5.82 Å². The Morgan fingerprint density at radius 1 is 1.30 bits per heavy atom. The van der Waals surface area contributed by atoms with E-state index in [2.05, 4.69) is 26.1 Å². The van der Waals surface area contributed by atoms with Crippen molar-refractivity contribution >= 4 is 45.0 Å². The van der Waals surface area contributed by atoms with Crippen molar-refractivity contribution in [3.8, 4) is 5.75 Å². The van der Waals surface area contributed by atoms with E-state index in [0.29, 0.717) is 17.5 Å². The molecule has 0 N–H and O–H groups in total. The number of amides is 1. The summed E-state index contributed by atoms with van der Waals surface area (Å²) in [6.45, 7) is 2.15. The molecule has 3 rings (SSSR count). The zero-order valence-electron chi connectivity index (χ0n) is 14.7. The summed E-state index contributed by atoms with van der Waals surface area (Å²) in [7, 11) is 1.59. The molecule has 1 fully saturated rings. The fraction of sp³-hybridized carbons (Fsp3) is 0.211. The van der Waals surface area contributed by atoms with Gasteiger partial charge in [0.05, 0.1) is 25.1 Å². The molecular weight excluding hydrogens is 433 g/mol. The maximum Gasteiger partial charge on any atom is 0.242 e. The van der Waals surface area contributed by atoms with Crippen LogP contribution in [-0.4, -0.2) is 34.5 Å². The highest BCUT2D eigenvalue weighted by Crippen LogP contribution is 2.28. The van der Waals surface area contributed by atoms with Crippen molar-refractivity contribution in [2.45, 2.75) is 18.7 Å². The summed E-state index contributed by atoms with van der Waals surface area (Å²) in [5.41, 5.74) is 1.59. The number of rotatable bonds is 5. The van der Waals surface area contributed by atoms with Crippen LogP contribution in [0.3, 0.4) is 0 Å². The third-order valence-corrected chi connectivity index (χ3v) is 5.47. The van der Waals surface area contributed by atoms with E-state index in [9.17, 15) is 9.18 Å². The van der Waals surface area contributed by atoms with Crippen LogP contribution in [0.1, 0.15) is 18.1 Å². The molecule has 0 saturated carbocycles. The number of methoxy groups -OCH3 is 1.